The van der Waals surface area contributed by atoms with Gasteiger partial charge in [0, 0.05) is 12.5 Å². The highest BCUT2D eigenvalue weighted by atomic mass is 35.5. The van der Waals surface area contributed by atoms with E-state index in [4.69, 9.17) is 0 Å². The molecule has 7 heteroatoms. The molecule has 3 rings (SSSR count). The number of anilines is 1. The summed E-state index contributed by atoms with van der Waals surface area (Å²) in [6, 6.07) is 7.90. The molecule has 26 heavy (non-hydrogen) atoms. The Bertz CT molecular complexity index is 726. The maximum atomic E-state index is 13.1. The summed E-state index contributed by atoms with van der Waals surface area (Å²) in [7, 11) is 0. The van der Waals surface area contributed by atoms with Crippen LogP contribution >= 0.6 is 12.4 Å². The molecule has 1 saturated heterocycles. The number of aryl methyl sites for hydroxylation is 1. The number of piperidine rings is 1. The van der Waals surface area contributed by atoms with E-state index in [-0.39, 0.29) is 24.1 Å². The molecule has 142 valence electrons. The fourth-order valence-corrected chi connectivity index (χ4v) is 3.43. The first-order valence-electron chi connectivity index (χ1n) is 8.86. The lowest BCUT2D eigenvalue weighted by atomic mass is 9.84. The van der Waals surface area contributed by atoms with Crippen LogP contribution in [-0.2, 0) is 4.79 Å². The molecule has 0 spiro atoms. The number of benzene rings is 1. The zero-order chi connectivity index (χ0) is 17.8. The number of halogens is 2. The van der Waals surface area contributed by atoms with Crippen LogP contribution in [0.1, 0.15) is 31.9 Å². The Morgan fingerprint density at radius 2 is 2.00 bits per heavy atom. The molecule has 1 unspecified atom stereocenters. The van der Waals surface area contributed by atoms with Gasteiger partial charge in [-0.1, -0.05) is 6.92 Å². The van der Waals surface area contributed by atoms with Crippen LogP contribution in [0.2, 0.25) is 0 Å². The first-order valence-corrected chi connectivity index (χ1v) is 8.86. The fraction of sp³-hybridized carbons (Fsp3) is 0.474. The summed E-state index contributed by atoms with van der Waals surface area (Å²) in [6.07, 6.45) is 2.75. The van der Waals surface area contributed by atoms with Crippen molar-refractivity contribution in [3.05, 3.63) is 41.8 Å². The summed E-state index contributed by atoms with van der Waals surface area (Å²) in [4.78, 5) is 12.5. The van der Waals surface area contributed by atoms with Gasteiger partial charge in [0.1, 0.15) is 11.6 Å². The second-order valence-corrected chi connectivity index (χ2v) is 6.88. The quantitative estimate of drug-likeness (QED) is 0.831. The maximum Gasteiger partial charge on any atom is 0.225 e. The van der Waals surface area contributed by atoms with Crippen LogP contribution in [0.5, 0.6) is 0 Å². The molecule has 2 heterocycles. The van der Waals surface area contributed by atoms with E-state index in [2.05, 4.69) is 22.7 Å². The van der Waals surface area contributed by atoms with Gasteiger partial charge in [-0.2, -0.15) is 5.10 Å². The zero-order valence-corrected chi connectivity index (χ0v) is 16.0. The topological polar surface area (TPSA) is 59.0 Å². The van der Waals surface area contributed by atoms with Crippen molar-refractivity contribution in [2.75, 3.05) is 18.4 Å². The van der Waals surface area contributed by atoms with Gasteiger partial charge in [0.15, 0.2) is 0 Å². The highest BCUT2D eigenvalue weighted by Crippen LogP contribution is 2.25. The Labute approximate surface area is 159 Å². The fourth-order valence-electron chi connectivity index (χ4n) is 3.43. The van der Waals surface area contributed by atoms with E-state index >= 15 is 0 Å². The lowest BCUT2D eigenvalue weighted by molar-refractivity contribution is -0.117. The Kier molecular flexibility index (Phi) is 7.17. The molecule has 2 N–H and O–H groups in total. The average Bonchev–Trinajstić information content (AvgIpc) is 2.96. The zero-order valence-electron chi connectivity index (χ0n) is 15.2. The van der Waals surface area contributed by atoms with E-state index in [0.717, 1.165) is 37.3 Å². The molecule has 1 aromatic carbocycles. The number of nitrogens with zero attached hydrogens (tertiary/aromatic N) is 2. The van der Waals surface area contributed by atoms with Gasteiger partial charge in [-0.3, -0.25) is 4.79 Å². The van der Waals surface area contributed by atoms with Crippen molar-refractivity contribution in [3.63, 3.8) is 0 Å². The minimum atomic E-state index is -0.297. The van der Waals surface area contributed by atoms with Crippen molar-refractivity contribution >= 4 is 24.1 Å². The minimum absolute atomic E-state index is 0. The number of amides is 1. The number of nitrogens with one attached hydrogen (secondary N) is 2. The monoisotopic (exact) mass is 380 g/mol. The standard InChI is InChI=1S/C19H25FN4O.ClH/c1-13(15-7-9-21-10-8-15)11-19(25)22-18-12-14(2)23-24(18)17-5-3-16(20)4-6-17;/h3-6,12-13,15,21H,7-11H2,1-2H3,(H,22,25);1H. The summed E-state index contributed by atoms with van der Waals surface area (Å²) in [5, 5.41) is 10.7. The Morgan fingerprint density at radius 1 is 1.35 bits per heavy atom. The summed E-state index contributed by atoms with van der Waals surface area (Å²) in [5.41, 5.74) is 1.52. The van der Waals surface area contributed by atoms with Gasteiger partial charge in [0.25, 0.3) is 0 Å². The summed E-state index contributed by atoms with van der Waals surface area (Å²) in [5.74, 6) is 1.26. The Morgan fingerprint density at radius 3 is 2.65 bits per heavy atom. The number of hydrogen-bond acceptors (Lipinski definition) is 3. The van der Waals surface area contributed by atoms with Gasteiger partial charge in [0.2, 0.25) is 5.91 Å². The molecule has 1 aliphatic heterocycles. The molecule has 0 aliphatic carbocycles. The van der Waals surface area contributed by atoms with Crippen LogP contribution < -0.4 is 10.6 Å². The number of hydrogen-bond donors (Lipinski definition) is 2. The number of aromatic nitrogens is 2. The van der Waals surface area contributed by atoms with Crippen molar-refractivity contribution < 1.29 is 9.18 Å². The Balaban J connectivity index is 0.00000243. The normalized spacial score (nSPS) is 16.0. The molecule has 5 nitrogen and oxygen atoms in total. The van der Waals surface area contributed by atoms with Crippen LogP contribution in [0.3, 0.4) is 0 Å². The highest BCUT2D eigenvalue weighted by molar-refractivity contribution is 5.90. The maximum absolute atomic E-state index is 13.1. The van der Waals surface area contributed by atoms with Crippen LogP contribution in [0.4, 0.5) is 10.2 Å². The first kappa shape index (κ1) is 20.4. The molecule has 2 aromatic rings. The molecular formula is C19H26ClFN4O. The third-order valence-electron chi connectivity index (χ3n) is 4.87. The number of carbonyl (C=O) groups excluding carboxylic acids is 1. The van der Waals surface area contributed by atoms with Gasteiger partial charge < -0.3 is 10.6 Å². The lowest BCUT2D eigenvalue weighted by Gasteiger charge is -2.27. The SMILES string of the molecule is Cc1cc(NC(=O)CC(C)C2CCNCC2)n(-c2ccc(F)cc2)n1.Cl. The summed E-state index contributed by atoms with van der Waals surface area (Å²) in [6.45, 7) is 6.09. The van der Waals surface area contributed by atoms with E-state index in [0.29, 0.717) is 24.1 Å². The highest BCUT2D eigenvalue weighted by Gasteiger charge is 2.22. The number of rotatable bonds is 5. The summed E-state index contributed by atoms with van der Waals surface area (Å²) < 4.78 is 14.8. The van der Waals surface area contributed by atoms with E-state index < -0.39 is 0 Å². The minimum Gasteiger partial charge on any atom is -0.317 e. The van der Waals surface area contributed by atoms with Gasteiger partial charge in [-0.05, 0) is 69.0 Å². The molecule has 1 aromatic heterocycles. The van der Waals surface area contributed by atoms with Crippen LogP contribution in [-0.4, -0.2) is 28.8 Å². The van der Waals surface area contributed by atoms with Crippen LogP contribution in [0.25, 0.3) is 5.69 Å². The van der Waals surface area contributed by atoms with E-state index in [1.165, 1.54) is 12.1 Å². The molecule has 0 bridgehead atoms. The third kappa shape index (κ3) is 5.05. The van der Waals surface area contributed by atoms with Crippen molar-refractivity contribution in [2.45, 2.75) is 33.1 Å². The molecular weight excluding hydrogens is 355 g/mol. The van der Waals surface area contributed by atoms with Crippen molar-refractivity contribution in [3.8, 4) is 5.69 Å². The molecule has 0 radical (unpaired) electrons. The van der Waals surface area contributed by atoms with Crippen LogP contribution in [0.15, 0.2) is 30.3 Å². The van der Waals surface area contributed by atoms with Crippen molar-refractivity contribution in [2.24, 2.45) is 11.8 Å². The molecule has 1 amide bonds. The number of carbonyl (C=O) groups is 1. The van der Waals surface area contributed by atoms with Crippen molar-refractivity contribution in [1.29, 1.82) is 0 Å². The summed E-state index contributed by atoms with van der Waals surface area (Å²) >= 11 is 0. The smallest absolute Gasteiger partial charge is 0.225 e. The van der Waals surface area contributed by atoms with E-state index in [9.17, 15) is 9.18 Å². The van der Waals surface area contributed by atoms with Gasteiger partial charge in [-0.15, -0.1) is 12.4 Å². The predicted octanol–water partition coefficient (Wildman–Crippen LogP) is 3.71. The van der Waals surface area contributed by atoms with Gasteiger partial charge in [0.05, 0.1) is 11.4 Å². The predicted molar refractivity (Wildman–Crippen MR) is 104 cm³/mol. The molecule has 1 aliphatic rings. The van der Waals surface area contributed by atoms with Crippen molar-refractivity contribution in [1.82, 2.24) is 15.1 Å². The average molecular weight is 381 g/mol. The van der Waals surface area contributed by atoms with Gasteiger partial charge >= 0.3 is 0 Å². The van der Waals surface area contributed by atoms with E-state index in [1.54, 1.807) is 16.8 Å². The van der Waals surface area contributed by atoms with Crippen LogP contribution in [0, 0.1) is 24.6 Å². The molecule has 0 saturated carbocycles. The van der Waals surface area contributed by atoms with E-state index in [1.807, 2.05) is 13.0 Å². The third-order valence-corrected chi connectivity index (χ3v) is 4.87. The second kappa shape index (κ2) is 9.14. The lowest BCUT2D eigenvalue weighted by Crippen LogP contribution is -2.32. The Hall–Kier alpha value is -1.92. The van der Waals surface area contributed by atoms with Gasteiger partial charge in [-0.25, -0.2) is 9.07 Å². The first-order chi connectivity index (χ1) is 12.0. The second-order valence-electron chi connectivity index (χ2n) is 6.88. The molecule has 1 atom stereocenters. The largest absolute Gasteiger partial charge is 0.317 e. The molecule has 1 fully saturated rings.